The van der Waals surface area contributed by atoms with Gasteiger partial charge in [0.2, 0.25) is 16.0 Å². The lowest BCUT2D eigenvalue weighted by Crippen LogP contribution is -2.28. The minimum absolute atomic E-state index is 0.00848. The van der Waals surface area contributed by atoms with Crippen LogP contribution in [0.5, 0.6) is 0 Å². The molecule has 0 aliphatic heterocycles. The highest BCUT2D eigenvalue weighted by molar-refractivity contribution is 7.92. The molecule has 0 spiro atoms. The molecule has 2 atom stereocenters. The number of halogens is 1. The topological polar surface area (TPSA) is 130 Å². The van der Waals surface area contributed by atoms with E-state index in [0.29, 0.717) is 35.4 Å². The van der Waals surface area contributed by atoms with Crippen LogP contribution in [0.2, 0.25) is 0 Å². The number of hydrogen-bond acceptors (Lipinski definition) is 8. The summed E-state index contributed by atoms with van der Waals surface area (Å²) in [7, 11) is -2.27. The number of rotatable bonds is 13. The highest BCUT2D eigenvalue weighted by Gasteiger charge is 2.24. The van der Waals surface area contributed by atoms with Crippen molar-refractivity contribution in [2.75, 3.05) is 24.2 Å². The van der Waals surface area contributed by atoms with E-state index < -0.39 is 34.0 Å². The van der Waals surface area contributed by atoms with Gasteiger partial charge in [-0.2, -0.15) is 0 Å². The van der Waals surface area contributed by atoms with Crippen molar-refractivity contribution in [3.8, 4) is 11.3 Å². The van der Waals surface area contributed by atoms with Crippen molar-refractivity contribution >= 4 is 21.9 Å². The molecule has 2 aromatic rings. The molecule has 200 valence electrons. The maximum atomic E-state index is 13.6. The van der Waals surface area contributed by atoms with Crippen LogP contribution in [0.1, 0.15) is 63.6 Å². The van der Waals surface area contributed by atoms with Gasteiger partial charge in [-0.05, 0) is 55.9 Å². The molecular formula is C25H36FN3O6S. The first-order valence-electron chi connectivity index (χ1n) is 12.0. The Hall–Kier alpha value is -2.63. The Morgan fingerprint density at radius 2 is 1.78 bits per heavy atom. The van der Waals surface area contributed by atoms with Crippen LogP contribution in [-0.2, 0) is 26.0 Å². The van der Waals surface area contributed by atoms with Gasteiger partial charge in [-0.1, -0.05) is 20.8 Å². The summed E-state index contributed by atoms with van der Waals surface area (Å²) in [5, 5.41) is 20.7. The van der Waals surface area contributed by atoms with Crippen molar-refractivity contribution in [3.05, 3.63) is 41.3 Å². The Morgan fingerprint density at radius 3 is 2.33 bits per heavy atom. The van der Waals surface area contributed by atoms with Gasteiger partial charge in [-0.15, -0.1) is 0 Å². The van der Waals surface area contributed by atoms with E-state index in [1.54, 1.807) is 12.1 Å². The lowest BCUT2D eigenvalue weighted by Gasteiger charge is -2.22. The first kappa shape index (κ1) is 29.6. The van der Waals surface area contributed by atoms with Crippen molar-refractivity contribution in [3.63, 3.8) is 0 Å². The molecule has 11 heteroatoms. The molecule has 2 unspecified atom stereocenters. The number of aliphatic hydroxyl groups is 2. The van der Waals surface area contributed by atoms with Crippen LogP contribution in [0.3, 0.4) is 0 Å². The number of esters is 1. The number of anilines is 1. The van der Waals surface area contributed by atoms with Crippen LogP contribution in [0, 0.1) is 5.82 Å². The summed E-state index contributed by atoms with van der Waals surface area (Å²) < 4.78 is 43.9. The number of aliphatic hydroxyl groups excluding tert-OH is 2. The molecule has 1 aromatic heterocycles. The molecule has 0 fully saturated rings. The zero-order valence-electron chi connectivity index (χ0n) is 21.4. The van der Waals surface area contributed by atoms with Crippen LogP contribution in [0.25, 0.3) is 11.3 Å². The smallest absolute Gasteiger partial charge is 0.308 e. The zero-order valence-corrected chi connectivity index (χ0v) is 22.3. The molecule has 0 radical (unpaired) electrons. The van der Waals surface area contributed by atoms with Crippen molar-refractivity contribution < 1.29 is 32.6 Å². The molecule has 9 nitrogen and oxygen atoms in total. The molecule has 2 N–H and O–H groups in total. The van der Waals surface area contributed by atoms with Gasteiger partial charge in [0.15, 0.2) is 0 Å². The summed E-state index contributed by atoms with van der Waals surface area (Å²) in [5.41, 5.74) is 2.31. The highest BCUT2D eigenvalue weighted by Crippen LogP contribution is 2.32. The predicted molar refractivity (Wildman–Crippen MR) is 136 cm³/mol. The van der Waals surface area contributed by atoms with E-state index in [4.69, 9.17) is 4.74 Å². The monoisotopic (exact) mass is 525 g/mol. The number of carbonyl (C=O) groups excluding carboxylic acids is 1. The van der Waals surface area contributed by atoms with E-state index in [-0.39, 0.29) is 37.7 Å². The summed E-state index contributed by atoms with van der Waals surface area (Å²) in [6, 6.07) is 5.69. The summed E-state index contributed by atoms with van der Waals surface area (Å²) in [4.78, 5) is 20.8. The van der Waals surface area contributed by atoms with Gasteiger partial charge in [0, 0.05) is 18.2 Å². The molecule has 0 saturated carbocycles. The number of carbonyl (C=O) groups is 1. The summed E-state index contributed by atoms with van der Waals surface area (Å²) in [6.45, 7) is 5.97. The zero-order chi connectivity index (χ0) is 27.0. The number of ether oxygens (including phenoxy) is 1. The maximum absolute atomic E-state index is 13.6. The Labute approximate surface area is 212 Å². The molecule has 0 amide bonds. The average molecular weight is 526 g/mol. The molecule has 1 aromatic carbocycles. The Bertz CT molecular complexity index is 1130. The second kappa shape index (κ2) is 13.1. The minimum Gasteiger partial charge on any atom is -0.466 e. The maximum Gasteiger partial charge on any atom is 0.308 e. The lowest BCUT2D eigenvalue weighted by molar-refractivity contribution is -0.146. The largest absolute Gasteiger partial charge is 0.466 e. The molecule has 0 saturated heterocycles. The van der Waals surface area contributed by atoms with Crippen molar-refractivity contribution in [2.24, 2.45) is 0 Å². The third-order valence-electron chi connectivity index (χ3n) is 5.61. The first-order chi connectivity index (χ1) is 16.8. The third-order valence-corrected chi connectivity index (χ3v) is 6.77. The Balaban J connectivity index is 2.36. The quantitative estimate of drug-likeness (QED) is 0.382. The fraction of sp³-hybridized carbons (Fsp3) is 0.560. The lowest BCUT2D eigenvalue weighted by atomic mass is 9.93. The standard InChI is InChI=1S/C25H36FN3O6S/c1-6-13-35-22(32)15-20(31)14-19(30)11-12-21-23(16(2)3)27-25(29(4)36(5,33)34)28-24(21)17-7-9-18(26)10-8-17/h7-10,16,19-20,30-31H,6,11-15H2,1-5H3. The molecular weight excluding hydrogens is 489 g/mol. The summed E-state index contributed by atoms with van der Waals surface area (Å²) in [5.74, 6) is -1.05. The number of hydrogen-bond donors (Lipinski definition) is 2. The van der Waals surface area contributed by atoms with Crippen LogP contribution >= 0.6 is 0 Å². The molecule has 0 aliphatic rings. The predicted octanol–water partition coefficient (Wildman–Crippen LogP) is 3.19. The highest BCUT2D eigenvalue weighted by atomic mass is 32.2. The Kier molecular flexibility index (Phi) is 10.7. The SMILES string of the molecule is CCCOC(=O)CC(O)CC(O)CCc1c(-c2ccc(F)cc2)nc(N(C)S(C)(=O)=O)nc1C(C)C. The minimum atomic E-state index is -3.63. The van der Waals surface area contributed by atoms with Gasteiger partial charge >= 0.3 is 5.97 Å². The molecule has 1 heterocycles. The van der Waals surface area contributed by atoms with Gasteiger partial charge in [-0.25, -0.2) is 27.1 Å². The van der Waals surface area contributed by atoms with Crippen molar-refractivity contribution in [2.45, 2.75) is 71.0 Å². The molecule has 2 rings (SSSR count). The van der Waals surface area contributed by atoms with Crippen molar-refractivity contribution in [1.82, 2.24) is 9.97 Å². The van der Waals surface area contributed by atoms with Crippen LogP contribution in [0.4, 0.5) is 10.3 Å². The van der Waals surface area contributed by atoms with Crippen LogP contribution < -0.4 is 4.31 Å². The summed E-state index contributed by atoms with van der Waals surface area (Å²) in [6.07, 6.45) is 0.101. The molecule has 36 heavy (non-hydrogen) atoms. The Morgan fingerprint density at radius 1 is 1.14 bits per heavy atom. The molecule has 0 aliphatic carbocycles. The normalized spacial score (nSPS) is 13.5. The average Bonchev–Trinajstić information content (AvgIpc) is 2.80. The van der Waals surface area contributed by atoms with Crippen LogP contribution in [-0.4, -0.2) is 66.7 Å². The van der Waals surface area contributed by atoms with E-state index in [1.165, 1.54) is 19.2 Å². The van der Waals surface area contributed by atoms with E-state index >= 15 is 0 Å². The number of nitrogens with zero attached hydrogens (tertiary/aromatic N) is 3. The fourth-order valence-corrected chi connectivity index (χ4v) is 4.02. The fourth-order valence-electron chi connectivity index (χ4n) is 3.64. The number of aromatic nitrogens is 2. The van der Waals surface area contributed by atoms with Gasteiger partial charge in [0.05, 0.1) is 42.9 Å². The second-order valence-corrected chi connectivity index (χ2v) is 11.1. The van der Waals surface area contributed by atoms with E-state index in [0.717, 1.165) is 10.6 Å². The summed E-state index contributed by atoms with van der Waals surface area (Å²) >= 11 is 0. The number of sulfonamides is 1. The van der Waals surface area contributed by atoms with Crippen molar-refractivity contribution in [1.29, 1.82) is 0 Å². The van der Waals surface area contributed by atoms with Gasteiger partial charge in [-0.3, -0.25) is 4.79 Å². The number of benzene rings is 1. The van der Waals surface area contributed by atoms with E-state index in [1.807, 2.05) is 20.8 Å². The van der Waals surface area contributed by atoms with E-state index in [9.17, 15) is 27.8 Å². The molecule has 0 bridgehead atoms. The van der Waals surface area contributed by atoms with Gasteiger partial charge in [0.25, 0.3) is 0 Å². The second-order valence-electron chi connectivity index (χ2n) is 9.13. The first-order valence-corrected chi connectivity index (χ1v) is 13.8. The third kappa shape index (κ3) is 8.49. The van der Waals surface area contributed by atoms with Gasteiger partial charge in [0.1, 0.15) is 5.82 Å². The van der Waals surface area contributed by atoms with Crippen LogP contribution in [0.15, 0.2) is 24.3 Å². The van der Waals surface area contributed by atoms with E-state index in [2.05, 4.69) is 9.97 Å². The van der Waals surface area contributed by atoms with Gasteiger partial charge < -0.3 is 14.9 Å².